The minimum Gasteiger partial charge on any atom is -0.344 e. The lowest BCUT2D eigenvalue weighted by molar-refractivity contribution is -0.128. The van der Waals surface area contributed by atoms with Crippen LogP contribution in [0.5, 0.6) is 0 Å². The first kappa shape index (κ1) is 13.0. The van der Waals surface area contributed by atoms with Gasteiger partial charge in [-0.2, -0.15) is 0 Å². The fourth-order valence-electron chi connectivity index (χ4n) is 1.73. The van der Waals surface area contributed by atoms with Gasteiger partial charge in [-0.25, -0.2) is 4.39 Å². The number of benzene rings is 1. The van der Waals surface area contributed by atoms with Gasteiger partial charge in [0.05, 0.1) is 6.54 Å². The third-order valence-corrected chi connectivity index (χ3v) is 3.19. The lowest BCUT2D eigenvalue weighted by atomic mass is 10.1. The molecule has 1 amide bonds. The zero-order valence-electron chi connectivity index (χ0n) is 10.7. The Kier molecular flexibility index (Phi) is 4.31. The Bertz CT molecular complexity index is 401. The highest BCUT2D eigenvalue weighted by atomic mass is 19.1. The molecular weight excluding hydrogens is 231 g/mol. The van der Waals surface area contributed by atoms with Gasteiger partial charge in [-0.15, -0.1) is 0 Å². The van der Waals surface area contributed by atoms with Crippen molar-refractivity contribution < 1.29 is 9.18 Å². The van der Waals surface area contributed by atoms with Crippen LogP contribution in [-0.2, 0) is 11.2 Å². The lowest BCUT2D eigenvalue weighted by Gasteiger charge is -2.17. The van der Waals surface area contributed by atoms with Gasteiger partial charge in [0.15, 0.2) is 0 Å². The lowest BCUT2D eigenvalue weighted by Crippen LogP contribution is -2.37. The van der Waals surface area contributed by atoms with Crippen LogP contribution in [0.4, 0.5) is 4.39 Å². The SMILES string of the molecule is CN(CCc1ccc(F)cc1)C(=O)CNC1CC1. The number of carbonyl (C=O) groups excluding carboxylic acids is 1. The summed E-state index contributed by atoms with van der Waals surface area (Å²) in [5.74, 6) is -0.110. The Morgan fingerprint density at radius 1 is 1.39 bits per heavy atom. The number of carbonyl (C=O) groups is 1. The van der Waals surface area contributed by atoms with Gasteiger partial charge in [0, 0.05) is 19.6 Å². The molecule has 0 heterocycles. The van der Waals surface area contributed by atoms with E-state index < -0.39 is 0 Å². The van der Waals surface area contributed by atoms with Crippen LogP contribution in [0.25, 0.3) is 0 Å². The second kappa shape index (κ2) is 5.96. The number of halogens is 1. The molecule has 1 N–H and O–H groups in total. The van der Waals surface area contributed by atoms with Crippen molar-refractivity contribution in [2.45, 2.75) is 25.3 Å². The molecule has 2 rings (SSSR count). The smallest absolute Gasteiger partial charge is 0.236 e. The van der Waals surface area contributed by atoms with Crippen molar-refractivity contribution in [1.29, 1.82) is 0 Å². The third-order valence-electron chi connectivity index (χ3n) is 3.19. The van der Waals surface area contributed by atoms with Crippen LogP contribution >= 0.6 is 0 Å². The van der Waals surface area contributed by atoms with E-state index in [9.17, 15) is 9.18 Å². The standard InChI is InChI=1S/C14H19FN2O/c1-17(14(18)10-16-13-6-7-13)9-8-11-2-4-12(15)5-3-11/h2-5,13,16H,6-10H2,1H3. The molecule has 0 atom stereocenters. The second-order valence-corrected chi connectivity index (χ2v) is 4.85. The molecule has 0 saturated heterocycles. The van der Waals surface area contributed by atoms with E-state index in [1.165, 1.54) is 25.0 Å². The van der Waals surface area contributed by atoms with Crippen LogP contribution < -0.4 is 5.32 Å². The summed E-state index contributed by atoms with van der Waals surface area (Å²) in [6, 6.07) is 6.98. The van der Waals surface area contributed by atoms with E-state index in [4.69, 9.17) is 0 Å². The van der Waals surface area contributed by atoms with E-state index in [0.717, 1.165) is 12.0 Å². The molecule has 4 heteroatoms. The highest BCUT2D eigenvalue weighted by molar-refractivity contribution is 5.78. The number of nitrogens with zero attached hydrogens (tertiary/aromatic N) is 1. The van der Waals surface area contributed by atoms with Crippen molar-refractivity contribution in [2.75, 3.05) is 20.1 Å². The summed E-state index contributed by atoms with van der Waals surface area (Å²) in [6.07, 6.45) is 3.13. The Balaban J connectivity index is 1.70. The van der Waals surface area contributed by atoms with Crippen molar-refractivity contribution in [1.82, 2.24) is 10.2 Å². The molecule has 1 fully saturated rings. The van der Waals surface area contributed by atoms with Crippen LogP contribution in [0.3, 0.4) is 0 Å². The molecule has 3 nitrogen and oxygen atoms in total. The second-order valence-electron chi connectivity index (χ2n) is 4.85. The molecule has 0 unspecified atom stereocenters. The zero-order valence-corrected chi connectivity index (χ0v) is 10.7. The molecule has 0 radical (unpaired) electrons. The van der Waals surface area contributed by atoms with Gasteiger partial charge in [-0.3, -0.25) is 4.79 Å². The summed E-state index contributed by atoms with van der Waals surface area (Å²) < 4.78 is 12.7. The monoisotopic (exact) mass is 250 g/mol. The maximum Gasteiger partial charge on any atom is 0.236 e. The first-order valence-electron chi connectivity index (χ1n) is 6.37. The van der Waals surface area contributed by atoms with E-state index in [1.54, 1.807) is 24.1 Å². The fraction of sp³-hybridized carbons (Fsp3) is 0.500. The number of hydrogen-bond acceptors (Lipinski definition) is 2. The van der Waals surface area contributed by atoms with Gasteiger partial charge in [-0.05, 0) is 37.0 Å². The van der Waals surface area contributed by atoms with E-state index in [-0.39, 0.29) is 11.7 Å². The maximum atomic E-state index is 12.7. The molecule has 0 spiro atoms. The summed E-state index contributed by atoms with van der Waals surface area (Å²) in [5.41, 5.74) is 1.05. The number of likely N-dealkylation sites (N-methyl/N-ethyl adjacent to an activating group) is 1. The van der Waals surface area contributed by atoms with Gasteiger partial charge < -0.3 is 10.2 Å². The highest BCUT2D eigenvalue weighted by Crippen LogP contribution is 2.18. The number of nitrogens with one attached hydrogen (secondary N) is 1. The average molecular weight is 250 g/mol. The Hall–Kier alpha value is -1.42. The van der Waals surface area contributed by atoms with Crippen LogP contribution in [0.15, 0.2) is 24.3 Å². The van der Waals surface area contributed by atoms with Crippen molar-refractivity contribution in [3.05, 3.63) is 35.6 Å². The Morgan fingerprint density at radius 2 is 2.06 bits per heavy atom. The van der Waals surface area contributed by atoms with Crippen LogP contribution in [0.2, 0.25) is 0 Å². The van der Waals surface area contributed by atoms with E-state index >= 15 is 0 Å². The molecule has 0 aromatic heterocycles. The van der Waals surface area contributed by atoms with E-state index in [1.807, 2.05) is 0 Å². The molecule has 1 aromatic carbocycles. The Morgan fingerprint density at radius 3 is 2.67 bits per heavy atom. The molecule has 1 aromatic rings. The normalized spacial score (nSPS) is 14.6. The molecule has 1 saturated carbocycles. The first-order chi connectivity index (χ1) is 8.65. The largest absolute Gasteiger partial charge is 0.344 e. The summed E-state index contributed by atoms with van der Waals surface area (Å²) >= 11 is 0. The zero-order chi connectivity index (χ0) is 13.0. The van der Waals surface area contributed by atoms with Gasteiger partial charge in [0.1, 0.15) is 5.82 Å². The molecular formula is C14H19FN2O. The van der Waals surface area contributed by atoms with E-state index in [2.05, 4.69) is 5.32 Å². The van der Waals surface area contributed by atoms with Crippen molar-refractivity contribution in [2.24, 2.45) is 0 Å². The molecule has 18 heavy (non-hydrogen) atoms. The minimum atomic E-state index is -0.225. The number of amides is 1. The summed E-state index contributed by atoms with van der Waals surface area (Å²) in [4.78, 5) is 13.5. The quantitative estimate of drug-likeness (QED) is 0.831. The molecule has 1 aliphatic carbocycles. The van der Waals surface area contributed by atoms with Gasteiger partial charge >= 0.3 is 0 Å². The fourth-order valence-corrected chi connectivity index (χ4v) is 1.73. The predicted molar refractivity (Wildman–Crippen MR) is 68.8 cm³/mol. The average Bonchev–Trinajstić information content (AvgIpc) is 3.19. The van der Waals surface area contributed by atoms with Gasteiger partial charge in [0.25, 0.3) is 0 Å². The van der Waals surface area contributed by atoms with Gasteiger partial charge in [0.2, 0.25) is 5.91 Å². The number of hydrogen-bond donors (Lipinski definition) is 1. The minimum absolute atomic E-state index is 0.115. The van der Waals surface area contributed by atoms with Gasteiger partial charge in [-0.1, -0.05) is 12.1 Å². The first-order valence-corrected chi connectivity index (χ1v) is 6.37. The summed E-state index contributed by atoms with van der Waals surface area (Å²) in [7, 11) is 1.81. The van der Waals surface area contributed by atoms with Crippen molar-refractivity contribution in [3.63, 3.8) is 0 Å². The third kappa shape index (κ3) is 4.11. The highest BCUT2D eigenvalue weighted by Gasteiger charge is 2.21. The van der Waals surface area contributed by atoms with Crippen LogP contribution in [0, 0.1) is 5.82 Å². The molecule has 98 valence electrons. The van der Waals surface area contributed by atoms with E-state index in [0.29, 0.717) is 19.1 Å². The predicted octanol–water partition coefficient (Wildman–Crippen LogP) is 1.58. The topological polar surface area (TPSA) is 32.3 Å². The summed E-state index contributed by atoms with van der Waals surface area (Å²) in [6.45, 7) is 1.08. The number of rotatable bonds is 6. The van der Waals surface area contributed by atoms with Crippen LogP contribution in [-0.4, -0.2) is 37.0 Å². The summed E-state index contributed by atoms with van der Waals surface area (Å²) in [5, 5.41) is 3.20. The Labute approximate surface area is 107 Å². The van der Waals surface area contributed by atoms with Crippen LogP contribution in [0.1, 0.15) is 18.4 Å². The molecule has 0 aliphatic heterocycles. The maximum absolute atomic E-state index is 12.7. The van der Waals surface area contributed by atoms with Crippen molar-refractivity contribution in [3.8, 4) is 0 Å². The molecule has 0 bridgehead atoms. The molecule has 1 aliphatic rings. The van der Waals surface area contributed by atoms with Crippen molar-refractivity contribution >= 4 is 5.91 Å².